The molecule has 1 N–H and O–H groups in total. The maximum atomic E-state index is 12.7. The van der Waals surface area contributed by atoms with Crippen LogP contribution in [-0.4, -0.2) is 74.9 Å². The Morgan fingerprint density at radius 1 is 0.556 bits per heavy atom. The number of unbranched alkanes of at least 4 members (excludes halogenated alkanes) is 25. The quantitative estimate of drug-likeness (QED) is 0.0214. The van der Waals surface area contributed by atoms with E-state index in [-0.39, 0.29) is 25.6 Å². The molecule has 0 aliphatic heterocycles. The molecular formula is C44H87NO8P+. The lowest BCUT2D eigenvalue weighted by molar-refractivity contribution is -0.870. The molecule has 0 aromatic carbocycles. The molecule has 0 radical (unpaired) electrons. The molecule has 0 bridgehead atoms. The monoisotopic (exact) mass is 789 g/mol. The summed E-state index contributed by atoms with van der Waals surface area (Å²) in [6.45, 7) is 4.42. The molecule has 0 rings (SSSR count). The molecule has 0 heterocycles. The van der Waals surface area contributed by atoms with Gasteiger partial charge in [-0.1, -0.05) is 167 Å². The third kappa shape index (κ3) is 40.4. The summed E-state index contributed by atoms with van der Waals surface area (Å²) < 4.78 is 34.3. The maximum Gasteiger partial charge on any atom is 0.472 e. The highest BCUT2D eigenvalue weighted by molar-refractivity contribution is 7.47. The highest BCUT2D eigenvalue weighted by Crippen LogP contribution is 2.43. The summed E-state index contributed by atoms with van der Waals surface area (Å²) in [4.78, 5) is 35.4. The molecule has 2 unspecified atom stereocenters. The van der Waals surface area contributed by atoms with Crippen LogP contribution in [0.15, 0.2) is 12.2 Å². The molecule has 54 heavy (non-hydrogen) atoms. The third-order valence-electron chi connectivity index (χ3n) is 9.80. The molecule has 0 aromatic rings. The van der Waals surface area contributed by atoms with Crippen LogP contribution in [0.5, 0.6) is 0 Å². The molecule has 0 amide bonds. The van der Waals surface area contributed by atoms with Crippen LogP contribution in [0.2, 0.25) is 0 Å². The Hall–Kier alpha value is -1.25. The third-order valence-corrected chi connectivity index (χ3v) is 10.8. The van der Waals surface area contributed by atoms with Crippen molar-refractivity contribution in [1.29, 1.82) is 0 Å². The van der Waals surface area contributed by atoms with Gasteiger partial charge in [0.2, 0.25) is 0 Å². The Kier molecular flexibility index (Phi) is 36.5. The molecular weight excluding hydrogens is 701 g/mol. The number of carbonyl (C=O) groups excluding carboxylic acids is 2. The smallest absolute Gasteiger partial charge is 0.462 e. The molecule has 0 aliphatic carbocycles. The van der Waals surface area contributed by atoms with E-state index in [1.54, 1.807) is 0 Å². The van der Waals surface area contributed by atoms with E-state index >= 15 is 0 Å². The standard InChI is InChI=1S/C44H86NO8P/c1-6-8-10-12-14-16-18-20-22-24-26-28-30-32-34-36-43(46)50-40-42(41-52-54(48,49)51-39-38-45(3,4)5)53-44(47)37-35-33-31-29-27-25-23-21-19-17-15-13-11-9-7-2/h15,17,42H,6-14,16,18-41H2,1-5H3/p+1/b17-15-. The highest BCUT2D eigenvalue weighted by Gasteiger charge is 2.27. The van der Waals surface area contributed by atoms with Gasteiger partial charge in [-0.25, -0.2) is 4.57 Å². The zero-order valence-electron chi connectivity index (χ0n) is 36.0. The number of nitrogens with zero attached hydrogens (tertiary/aromatic N) is 1. The lowest BCUT2D eigenvalue weighted by atomic mass is 10.0. The summed E-state index contributed by atoms with van der Waals surface area (Å²) in [6, 6.07) is 0. The Morgan fingerprint density at radius 2 is 0.944 bits per heavy atom. The van der Waals surface area contributed by atoms with Gasteiger partial charge in [-0.2, -0.15) is 0 Å². The molecule has 0 aromatic heterocycles. The second-order valence-corrected chi connectivity index (χ2v) is 17.9. The van der Waals surface area contributed by atoms with Crippen LogP contribution in [0.3, 0.4) is 0 Å². The second kappa shape index (κ2) is 37.3. The molecule has 2 atom stereocenters. The summed E-state index contributed by atoms with van der Waals surface area (Å²) in [6.07, 6.45) is 38.2. The minimum atomic E-state index is -4.37. The van der Waals surface area contributed by atoms with Crippen LogP contribution >= 0.6 is 7.82 Å². The number of likely N-dealkylation sites (N-methyl/N-ethyl adjacent to an activating group) is 1. The van der Waals surface area contributed by atoms with Crippen molar-refractivity contribution in [3.8, 4) is 0 Å². The lowest BCUT2D eigenvalue weighted by Crippen LogP contribution is -2.37. The number of esters is 2. The van der Waals surface area contributed by atoms with E-state index in [1.165, 1.54) is 135 Å². The number of hydrogen-bond acceptors (Lipinski definition) is 7. The summed E-state index contributed by atoms with van der Waals surface area (Å²) in [5, 5.41) is 0. The SMILES string of the molecule is CCCCC/C=C\CCCCCCCCCCC(=O)OC(COC(=O)CCCCCCCCCCCCCCCCC)COP(=O)(O)OCC[N+](C)(C)C. The number of hydrogen-bond donors (Lipinski definition) is 1. The fourth-order valence-corrected chi connectivity index (χ4v) is 6.99. The summed E-state index contributed by atoms with van der Waals surface area (Å²) in [5.74, 6) is -0.792. The van der Waals surface area contributed by atoms with Crippen LogP contribution in [-0.2, 0) is 32.7 Å². The van der Waals surface area contributed by atoms with Gasteiger partial charge in [-0.15, -0.1) is 0 Å². The fourth-order valence-electron chi connectivity index (χ4n) is 6.24. The van der Waals surface area contributed by atoms with E-state index in [9.17, 15) is 19.0 Å². The molecule has 10 heteroatoms. The van der Waals surface area contributed by atoms with E-state index in [1.807, 2.05) is 21.1 Å². The minimum Gasteiger partial charge on any atom is -0.462 e. The largest absolute Gasteiger partial charge is 0.472 e. The van der Waals surface area contributed by atoms with Crippen molar-refractivity contribution in [2.24, 2.45) is 0 Å². The zero-order chi connectivity index (χ0) is 40.0. The topological polar surface area (TPSA) is 108 Å². The summed E-state index contributed by atoms with van der Waals surface area (Å²) in [7, 11) is 1.48. The van der Waals surface area contributed by atoms with Crippen molar-refractivity contribution in [2.75, 3.05) is 47.5 Å². The first-order valence-corrected chi connectivity index (χ1v) is 23.9. The van der Waals surface area contributed by atoms with Crippen LogP contribution < -0.4 is 0 Å². The van der Waals surface area contributed by atoms with Gasteiger partial charge < -0.3 is 18.9 Å². The average Bonchev–Trinajstić information content (AvgIpc) is 3.12. The zero-order valence-corrected chi connectivity index (χ0v) is 36.9. The number of carbonyl (C=O) groups is 2. The van der Waals surface area contributed by atoms with Gasteiger partial charge >= 0.3 is 19.8 Å². The molecule has 0 saturated carbocycles. The molecule has 9 nitrogen and oxygen atoms in total. The Bertz CT molecular complexity index is 938. The average molecular weight is 789 g/mol. The molecule has 0 fully saturated rings. The van der Waals surface area contributed by atoms with Gasteiger partial charge in [0.1, 0.15) is 19.8 Å². The van der Waals surface area contributed by atoms with Gasteiger partial charge in [0.15, 0.2) is 6.10 Å². The molecule has 320 valence electrons. The van der Waals surface area contributed by atoms with Crippen molar-refractivity contribution in [3.05, 3.63) is 12.2 Å². The number of phosphoric acid groups is 1. The van der Waals surface area contributed by atoms with Crippen molar-refractivity contribution in [1.82, 2.24) is 0 Å². The Labute approximate surface area is 333 Å². The van der Waals surface area contributed by atoms with Gasteiger partial charge in [0, 0.05) is 12.8 Å². The fraction of sp³-hybridized carbons (Fsp3) is 0.909. The first-order valence-electron chi connectivity index (χ1n) is 22.4. The van der Waals surface area contributed by atoms with E-state index in [4.69, 9.17) is 18.5 Å². The molecule has 0 aliphatic rings. The van der Waals surface area contributed by atoms with E-state index in [0.29, 0.717) is 23.9 Å². The van der Waals surface area contributed by atoms with Crippen LogP contribution in [0.25, 0.3) is 0 Å². The van der Waals surface area contributed by atoms with E-state index in [0.717, 1.165) is 38.5 Å². The predicted molar refractivity (Wildman–Crippen MR) is 224 cm³/mol. The van der Waals surface area contributed by atoms with Crippen molar-refractivity contribution in [2.45, 2.75) is 213 Å². The Morgan fingerprint density at radius 3 is 1.41 bits per heavy atom. The van der Waals surface area contributed by atoms with Gasteiger partial charge in [0.05, 0.1) is 27.7 Å². The highest BCUT2D eigenvalue weighted by atomic mass is 31.2. The molecule has 0 saturated heterocycles. The van der Waals surface area contributed by atoms with E-state index < -0.39 is 26.5 Å². The number of rotatable bonds is 41. The van der Waals surface area contributed by atoms with Crippen molar-refractivity contribution >= 4 is 19.8 Å². The Balaban J connectivity index is 4.32. The van der Waals surface area contributed by atoms with Crippen LogP contribution in [0, 0.1) is 0 Å². The van der Waals surface area contributed by atoms with Crippen molar-refractivity contribution < 1.29 is 42.1 Å². The van der Waals surface area contributed by atoms with Crippen molar-refractivity contribution in [3.63, 3.8) is 0 Å². The lowest BCUT2D eigenvalue weighted by Gasteiger charge is -2.24. The van der Waals surface area contributed by atoms with Gasteiger partial charge in [-0.3, -0.25) is 18.6 Å². The predicted octanol–water partition coefficient (Wildman–Crippen LogP) is 12.6. The second-order valence-electron chi connectivity index (χ2n) is 16.4. The maximum absolute atomic E-state index is 12.7. The van der Waals surface area contributed by atoms with Crippen LogP contribution in [0.4, 0.5) is 0 Å². The number of allylic oxidation sites excluding steroid dienone is 2. The summed E-state index contributed by atoms with van der Waals surface area (Å²) in [5.41, 5.74) is 0. The number of phosphoric ester groups is 1. The first-order chi connectivity index (χ1) is 26.0. The summed E-state index contributed by atoms with van der Waals surface area (Å²) >= 11 is 0. The molecule has 0 spiro atoms. The normalized spacial score (nSPS) is 13.7. The minimum absolute atomic E-state index is 0.0342. The van der Waals surface area contributed by atoms with Crippen LogP contribution in [0.1, 0.15) is 206 Å². The number of ether oxygens (including phenoxy) is 2. The van der Waals surface area contributed by atoms with Gasteiger partial charge in [-0.05, 0) is 38.5 Å². The number of quaternary nitrogens is 1. The first kappa shape index (κ1) is 52.8. The van der Waals surface area contributed by atoms with E-state index in [2.05, 4.69) is 26.0 Å². The van der Waals surface area contributed by atoms with Gasteiger partial charge in [0.25, 0.3) is 0 Å².